The van der Waals surface area contributed by atoms with E-state index < -0.39 is 11.6 Å². The van der Waals surface area contributed by atoms with Crippen LogP contribution in [0.5, 0.6) is 0 Å². The first-order chi connectivity index (χ1) is 15.1. The molecule has 31 heavy (non-hydrogen) atoms. The van der Waals surface area contributed by atoms with Gasteiger partial charge < -0.3 is 5.32 Å². The van der Waals surface area contributed by atoms with Crippen LogP contribution < -0.4 is 5.32 Å². The van der Waals surface area contributed by atoms with E-state index in [1.807, 2.05) is 30.3 Å². The summed E-state index contributed by atoms with van der Waals surface area (Å²) in [5.74, 6) is -0.635. The zero-order valence-corrected chi connectivity index (χ0v) is 17.2. The van der Waals surface area contributed by atoms with E-state index in [9.17, 15) is 13.6 Å². The molecule has 0 saturated carbocycles. The van der Waals surface area contributed by atoms with Gasteiger partial charge in [0.25, 0.3) is 0 Å². The fourth-order valence-corrected chi connectivity index (χ4v) is 3.76. The summed E-state index contributed by atoms with van der Waals surface area (Å²) in [6.07, 6.45) is 0. The third-order valence-corrected chi connectivity index (χ3v) is 5.43. The summed E-state index contributed by atoms with van der Waals surface area (Å²) in [6.45, 7) is 0.422. The minimum absolute atomic E-state index is 0.101. The van der Waals surface area contributed by atoms with Crippen LogP contribution >= 0.6 is 11.8 Å². The number of rotatable bonds is 7. The Bertz CT molecular complexity index is 1180. The lowest BCUT2D eigenvalue weighted by atomic mass is 10.2. The summed E-state index contributed by atoms with van der Waals surface area (Å²) in [5, 5.41) is 11.6. The highest BCUT2D eigenvalue weighted by atomic mass is 32.2. The highest BCUT2D eigenvalue weighted by Gasteiger charge is 2.19. The van der Waals surface area contributed by atoms with Gasteiger partial charge in [-0.15, -0.1) is 10.2 Å². The number of carbonyl (C=O) groups excluding carboxylic acids is 1. The third-order valence-electron chi connectivity index (χ3n) is 4.50. The molecule has 0 saturated heterocycles. The molecule has 8 heteroatoms. The maximum absolute atomic E-state index is 14.4. The van der Waals surface area contributed by atoms with Crippen LogP contribution in [0.1, 0.15) is 5.56 Å². The van der Waals surface area contributed by atoms with Gasteiger partial charge in [-0.1, -0.05) is 54.2 Å². The fraction of sp³-hybridized carbons (Fsp3) is 0.0870. The van der Waals surface area contributed by atoms with E-state index in [0.29, 0.717) is 17.4 Å². The molecule has 0 unspecified atom stereocenters. The molecule has 1 aromatic heterocycles. The molecular weight excluding hydrogens is 418 g/mol. The third kappa shape index (κ3) is 4.97. The zero-order valence-electron chi connectivity index (χ0n) is 16.3. The van der Waals surface area contributed by atoms with Crippen molar-refractivity contribution in [3.05, 3.63) is 96.1 Å². The topological polar surface area (TPSA) is 59.8 Å². The molecule has 0 aliphatic heterocycles. The lowest BCUT2D eigenvalue weighted by Crippen LogP contribution is -2.24. The molecule has 0 atom stereocenters. The molecule has 0 fully saturated rings. The summed E-state index contributed by atoms with van der Waals surface area (Å²) in [6, 6.07) is 21.5. The maximum Gasteiger partial charge on any atom is 0.230 e. The number of carbonyl (C=O) groups is 1. The van der Waals surface area contributed by atoms with E-state index in [1.165, 1.54) is 30.0 Å². The van der Waals surface area contributed by atoms with E-state index in [2.05, 4.69) is 15.5 Å². The van der Waals surface area contributed by atoms with Crippen LogP contribution in [0.4, 0.5) is 8.78 Å². The summed E-state index contributed by atoms with van der Waals surface area (Å²) < 4.78 is 29.5. The van der Waals surface area contributed by atoms with Crippen LogP contribution in [-0.2, 0) is 11.3 Å². The van der Waals surface area contributed by atoms with Crippen LogP contribution in [0.2, 0.25) is 0 Å². The average molecular weight is 436 g/mol. The van der Waals surface area contributed by atoms with Crippen molar-refractivity contribution in [2.75, 3.05) is 5.75 Å². The van der Waals surface area contributed by atoms with Crippen molar-refractivity contribution in [3.8, 4) is 17.1 Å². The smallest absolute Gasteiger partial charge is 0.230 e. The Balaban J connectivity index is 1.56. The molecule has 1 heterocycles. The molecule has 4 rings (SSSR count). The van der Waals surface area contributed by atoms with Crippen molar-refractivity contribution in [1.82, 2.24) is 20.1 Å². The van der Waals surface area contributed by atoms with E-state index in [0.717, 1.165) is 5.56 Å². The molecule has 0 aliphatic carbocycles. The monoisotopic (exact) mass is 436 g/mol. The second-order valence-electron chi connectivity index (χ2n) is 6.65. The first-order valence-electron chi connectivity index (χ1n) is 9.51. The number of nitrogens with zero attached hydrogens (tertiary/aromatic N) is 3. The summed E-state index contributed by atoms with van der Waals surface area (Å²) in [7, 11) is 0. The molecular formula is C23H18F2N4OS. The second-order valence-corrected chi connectivity index (χ2v) is 7.59. The Morgan fingerprint density at radius 2 is 1.61 bits per heavy atom. The average Bonchev–Trinajstić information content (AvgIpc) is 3.21. The number of thioether (sulfide) groups is 1. The Morgan fingerprint density at radius 3 is 2.35 bits per heavy atom. The van der Waals surface area contributed by atoms with Gasteiger partial charge in [0, 0.05) is 12.2 Å². The quantitative estimate of drug-likeness (QED) is 0.430. The number of aromatic nitrogens is 3. The van der Waals surface area contributed by atoms with Gasteiger partial charge >= 0.3 is 0 Å². The number of hydrogen-bond donors (Lipinski definition) is 1. The van der Waals surface area contributed by atoms with E-state index in [1.54, 1.807) is 34.9 Å². The van der Waals surface area contributed by atoms with Gasteiger partial charge in [-0.2, -0.15) is 0 Å². The van der Waals surface area contributed by atoms with Crippen LogP contribution in [0.3, 0.4) is 0 Å². The van der Waals surface area contributed by atoms with Crippen molar-refractivity contribution in [1.29, 1.82) is 0 Å². The Morgan fingerprint density at radius 1 is 0.903 bits per heavy atom. The number of halogens is 2. The number of amides is 1. The summed E-state index contributed by atoms with van der Waals surface area (Å²) in [4.78, 5) is 12.3. The molecule has 0 spiro atoms. The number of benzene rings is 3. The van der Waals surface area contributed by atoms with Gasteiger partial charge in [0.2, 0.25) is 5.91 Å². The zero-order chi connectivity index (χ0) is 21.6. The van der Waals surface area contributed by atoms with Gasteiger partial charge in [0.1, 0.15) is 11.6 Å². The second kappa shape index (κ2) is 9.53. The van der Waals surface area contributed by atoms with Crippen molar-refractivity contribution >= 4 is 17.7 Å². The standard InChI is InChI=1S/C23H18F2N4OS/c24-17-10-12-18(13-11-17)29-22(19-8-4-5-9-20(19)25)27-28-23(29)31-15-21(30)26-14-16-6-2-1-3-7-16/h1-13H,14-15H2,(H,26,30). The normalized spacial score (nSPS) is 10.8. The molecule has 4 aromatic rings. The largest absolute Gasteiger partial charge is 0.351 e. The highest BCUT2D eigenvalue weighted by molar-refractivity contribution is 7.99. The maximum atomic E-state index is 14.4. The SMILES string of the molecule is O=C(CSc1nnc(-c2ccccc2F)n1-c1ccc(F)cc1)NCc1ccccc1. The minimum atomic E-state index is -0.449. The molecule has 1 N–H and O–H groups in total. The van der Waals surface area contributed by atoms with Gasteiger partial charge in [-0.3, -0.25) is 9.36 Å². The molecule has 1 amide bonds. The number of hydrogen-bond acceptors (Lipinski definition) is 4. The first-order valence-corrected chi connectivity index (χ1v) is 10.5. The predicted octanol–water partition coefficient (Wildman–Crippen LogP) is 4.62. The molecule has 0 aliphatic rings. The van der Waals surface area contributed by atoms with Gasteiger partial charge in [0.05, 0.1) is 11.3 Å². The lowest BCUT2D eigenvalue weighted by molar-refractivity contribution is -0.118. The first kappa shape index (κ1) is 20.7. The van der Waals surface area contributed by atoms with Gasteiger partial charge in [-0.05, 0) is 42.0 Å². The van der Waals surface area contributed by atoms with Crippen molar-refractivity contribution in [2.24, 2.45) is 0 Å². The van der Waals surface area contributed by atoms with Crippen LogP contribution in [-0.4, -0.2) is 26.4 Å². The highest BCUT2D eigenvalue weighted by Crippen LogP contribution is 2.29. The molecule has 156 valence electrons. The van der Waals surface area contributed by atoms with Crippen LogP contribution in [0, 0.1) is 11.6 Å². The van der Waals surface area contributed by atoms with E-state index in [4.69, 9.17) is 0 Å². The van der Waals surface area contributed by atoms with Crippen molar-refractivity contribution < 1.29 is 13.6 Å². The fourth-order valence-electron chi connectivity index (χ4n) is 2.98. The van der Waals surface area contributed by atoms with Crippen molar-refractivity contribution in [2.45, 2.75) is 11.7 Å². The minimum Gasteiger partial charge on any atom is -0.351 e. The summed E-state index contributed by atoms with van der Waals surface area (Å²) in [5.41, 5.74) is 1.83. The Hall–Kier alpha value is -3.52. The van der Waals surface area contributed by atoms with Gasteiger partial charge in [-0.25, -0.2) is 8.78 Å². The molecule has 3 aromatic carbocycles. The van der Waals surface area contributed by atoms with Crippen LogP contribution in [0.15, 0.2) is 84.0 Å². The molecule has 5 nitrogen and oxygen atoms in total. The van der Waals surface area contributed by atoms with E-state index in [-0.39, 0.29) is 23.0 Å². The Kier molecular flexibility index (Phi) is 6.37. The summed E-state index contributed by atoms with van der Waals surface area (Å²) >= 11 is 1.17. The Labute approximate surface area is 182 Å². The lowest BCUT2D eigenvalue weighted by Gasteiger charge is -2.11. The predicted molar refractivity (Wildman–Crippen MR) is 116 cm³/mol. The molecule has 0 bridgehead atoms. The van der Waals surface area contributed by atoms with Crippen molar-refractivity contribution in [3.63, 3.8) is 0 Å². The van der Waals surface area contributed by atoms with Crippen LogP contribution in [0.25, 0.3) is 17.1 Å². The molecule has 0 radical (unpaired) electrons. The van der Waals surface area contributed by atoms with Gasteiger partial charge in [0.15, 0.2) is 11.0 Å². The van der Waals surface area contributed by atoms with E-state index >= 15 is 0 Å². The number of nitrogens with one attached hydrogen (secondary N) is 1.